The second-order valence-corrected chi connectivity index (χ2v) is 6.90. The predicted molar refractivity (Wildman–Crippen MR) is 103 cm³/mol. The molecule has 2 heterocycles. The third-order valence-electron chi connectivity index (χ3n) is 5.08. The van der Waals surface area contributed by atoms with Crippen LogP contribution in [0.25, 0.3) is 10.9 Å². The number of carbonyl (C=O) groups excluding carboxylic acids is 1. The molecule has 0 radical (unpaired) electrons. The average Bonchev–Trinajstić information content (AvgIpc) is 3.06. The van der Waals surface area contributed by atoms with Crippen molar-refractivity contribution in [1.29, 1.82) is 0 Å². The van der Waals surface area contributed by atoms with Gasteiger partial charge in [0, 0.05) is 30.2 Å². The van der Waals surface area contributed by atoms with Gasteiger partial charge in [-0.15, -0.1) is 0 Å². The molecule has 2 unspecified atom stereocenters. The van der Waals surface area contributed by atoms with Gasteiger partial charge in [-0.25, -0.2) is 0 Å². The molecule has 26 heavy (non-hydrogen) atoms. The molecule has 0 spiro atoms. The minimum atomic E-state index is -0.0802. The highest BCUT2D eigenvalue weighted by Gasteiger charge is 2.31. The first-order chi connectivity index (χ1) is 12.7. The zero-order chi connectivity index (χ0) is 18.1. The molecule has 2 atom stereocenters. The van der Waals surface area contributed by atoms with E-state index in [2.05, 4.69) is 29.7 Å². The lowest BCUT2D eigenvalue weighted by atomic mass is 10.1. The van der Waals surface area contributed by atoms with Gasteiger partial charge >= 0.3 is 0 Å². The SMILES string of the molecule is CCn1cc(C(=O)N2CC(C)OC(c3ccccc3)C2)c2ccccc21. The fraction of sp³-hybridized carbons (Fsp3) is 0.318. The zero-order valence-electron chi connectivity index (χ0n) is 15.3. The number of ether oxygens (including phenoxy) is 1. The number of rotatable bonds is 3. The topological polar surface area (TPSA) is 34.5 Å². The molecule has 2 aromatic carbocycles. The Morgan fingerprint density at radius 3 is 2.58 bits per heavy atom. The van der Waals surface area contributed by atoms with Crippen molar-refractivity contribution >= 4 is 16.8 Å². The lowest BCUT2D eigenvalue weighted by molar-refractivity contribution is -0.0691. The highest BCUT2D eigenvalue weighted by Crippen LogP contribution is 2.28. The van der Waals surface area contributed by atoms with E-state index in [0.29, 0.717) is 13.1 Å². The Labute approximate surface area is 154 Å². The van der Waals surface area contributed by atoms with E-state index in [1.165, 1.54) is 0 Å². The maximum absolute atomic E-state index is 13.3. The minimum Gasteiger partial charge on any atom is -0.367 e. The number of amides is 1. The summed E-state index contributed by atoms with van der Waals surface area (Å²) >= 11 is 0. The number of morpholine rings is 1. The summed E-state index contributed by atoms with van der Waals surface area (Å²) < 4.78 is 8.24. The third-order valence-corrected chi connectivity index (χ3v) is 5.08. The lowest BCUT2D eigenvalue weighted by Crippen LogP contribution is -2.45. The van der Waals surface area contributed by atoms with Gasteiger partial charge in [0.15, 0.2) is 0 Å². The smallest absolute Gasteiger partial charge is 0.256 e. The fourth-order valence-electron chi connectivity index (χ4n) is 3.82. The van der Waals surface area contributed by atoms with Crippen LogP contribution in [0.4, 0.5) is 0 Å². The normalized spacial score (nSPS) is 20.5. The van der Waals surface area contributed by atoms with E-state index in [0.717, 1.165) is 28.6 Å². The number of benzene rings is 2. The molecule has 1 fully saturated rings. The molecule has 0 aliphatic carbocycles. The van der Waals surface area contributed by atoms with Gasteiger partial charge in [-0.1, -0.05) is 48.5 Å². The van der Waals surface area contributed by atoms with Crippen molar-refractivity contribution in [2.75, 3.05) is 13.1 Å². The summed E-state index contributed by atoms with van der Waals surface area (Å²) in [6.07, 6.45) is 1.92. The number of carbonyl (C=O) groups is 1. The number of nitrogens with zero attached hydrogens (tertiary/aromatic N) is 2. The summed E-state index contributed by atoms with van der Waals surface area (Å²) in [7, 11) is 0. The zero-order valence-corrected chi connectivity index (χ0v) is 15.3. The Hall–Kier alpha value is -2.59. The van der Waals surface area contributed by atoms with Crippen LogP contribution in [-0.2, 0) is 11.3 Å². The molecule has 0 saturated carbocycles. The molecule has 1 saturated heterocycles. The molecule has 1 aliphatic rings. The van der Waals surface area contributed by atoms with Crippen molar-refractivity contribution < 1.29 is 9.53 Å². The molecular formula is C22H24N2O2. The molecule has 134 valence electrons. The molecule has 4 heteroatoms. The van der Waals surface area contributed by atoms with E-state index in [1.807, 2.05) is 54.4 Å². The van der Waals surface area contributed by atoms with Crippen LogP contribution in [0.15, 0.2) is 60.8 Å². The van der Waals surface area contributed by atoms with E-state index in [9.17, 15) is 4.79 Å². The lowest BCUT2D eigenvalue weighted by Gasteiger charge is -2.37. The third kappa shape index (κ3) is 3.01. The molecule has 4 rings (SSSR count). The Bertz CT molecular complexity index is 916. The van der Waals surface area contributed by atoms with Crippen molar-refractivity contribution in [3.05, 3.63) is 71.9 Å². The van der Waals surface area contributed by atoms with Gasteiger partial charge in [0.1, 0.15) is 6.10 Å². The summed E-state index contributed by atoms with van der Waals surface area (Å²) in [6.45, 7) is 6.18. The average molecular weight is 348 g/mol. The van der Waals surface area contributed by atoms with Gasteiger partial charge in [0.2, 0.25) is 0 Å². The first-order valence-corrected chi connectivity index (χ1v) is 9.25. The van der Waals surface area contributed by atoms with Gasteiger partial charge in [-0.3, -0.25) is 4.79 Å². The Morgan fingerprint density at radius 2 is 1.81 bits per heavy atom. The number of hydrogen-bond acceptors (Lipinski definition) is 2. The van der Waals surface area contributed by atoms with Gasteiger partial charge in [-0.05, 0) is 25.5 Å². The van der Waals surface area contributed by atoms with Crippen LogP contribution in [0.5, 0.6) is 0 Å². The summed E-state index contributed by atoms with van der Waals surface area (Å²) in [5.41, 5.74) is 3.01. The standard InChI is InChI=1S/C22H24N2O2/c1-3-23-14-19(18-11-7-8-12-20(18)23)22(25)24-13-16(2)26-21(15-24)17-9-5-4-6-10-17/h4-12,14,16,21H,3,13,15H2,1-2H3. The van der Waals surface area contributed by atoms with E-state index >= 15 is 0 Å². The van der Waals surface area contributed by atoms with Crippen molar-refractivity contribution in [3.63, 3.8) is 0 Å². The van der Waals surface area contributed by atoms with Crippen LogP contribution >= 0.6 is 0 Å². The quantitative estimate of drug-likeness (QED) is 0.709. The number of aryl methyl sites for hydroxylation is 1. The van der Waals surface area contributed by atoms with Crippen molar-refractivity contribution in [2.24, 2.45) is 0 Å². The molecule has 1 amide bonds. The van der Waals surface area contributed by atoms with Gasteiger partial charge in [-0.2, -0.15) is 0 Å². The van der Waals surface area contributed by atoms with Gasteiger partial charge in [0.25, 0.3) is 5.91 Å². The van der Waals surface area contributed by atoms with Crippen molar-refractivity contribution in [1.82, 2.24) is 9.47 Å². The largest absolute Gasteiger partial charge is 0.367 e. The molecular weight excluding hydrogens is 324 g/mol. The predicted octanol–water partition coefficient (Wildman–Crippen LogP) is 4.26. The summed E-state index contributed by atoms with van der Waals surface area (Å²) in [5.74, 6) is 0.0875. The monoisotopic (exact) mass is 348 g/mol. The number of fused-ring (bicyclic) bond motifs is 1. The maximum Gasteiger partial charge on any atom is 0.256 e. The second-order valence-electron chi connectivity index (χ2n) is 6.90. The molecule has 3 aromatic rings. The fourth-order valence-corrected chi connectivity index (χ4v) is 3.82. The first-order valence-electron chi connectivity index (χ1n) is 9.25. The highest BCUT2D eigenvalue weighted by atomic mass is 16.5. The van der Waals surface area contributed by atoms with Crippen LogP contribution in [-0.4, -0.2) is 34.6 Å². The second kappa shape index (κ2) is 6.96. The minimum absolute atomic E-state index is 0.0115. The van der Waals surface area contributed by atoms with Gasteiger partial charge < -0.3 is 14.2 Å². The van der Waals surface area contributed by atoms with Crippen molar-refractivity contribution in [2.45, 2.75) is 32.6 Å². The number of para-hydroxylation sites is 1. The van der Waals surface area contributed by atoms with Crippen molar-refractivity contribution in [3.8, 4) is 0 Å². The summed E-state index contributed by atoms with van der Waals surface area (Å²) in [6, 6.07) is 18.3. The Kier molecular flexibility index (Phi) is 4.51. The van der Waals surface area contributed by atoms with E-state index in [-0.39, 0.29) is 18.1 Å². The Balaban J connectivity index is 1.66. The van der Waals surface area contributed by atoms with Crippen LogP contribution in [0.1, 0.15) is 35.9 Å². The van der Waals surface area contributed by atoms with Crippen LogP contribution in [0.2, 0.25) is 0 Å². The first kappa shape index (κ1) is 16.9. The molecule has 4 nitrogen and oxygen atoms in total. The molecule has 0 bridgehead atoms. The number of hydrogen-bond donors (Lipinski definition) is 0. The molecule has 1 aliphatic heterocycles. The summed E-state index contributed by atoms with van der Waals surface area (Å²) in [5, 5.41) is 1.02. The highest BCUT2D eigenvalue weighted by molar-refractivity contribution is 6.07. The van der Waals surface area contributed by atoms with Gasteiger partial charge in [0.05, 0.1) is 18.2 Å². The number of aromatic nitrogens is 1. The van der Waals surface area contributed by atoms with Crippen LogP contribution in [0, 0.1) is 0 Å². The van der Waals surface area contributed by atoms with Crippen LogP contribution in [0.3, 0.4) is 0 Å². The van der Waals surface area contributed by atoms with Crippen LogP contribution < -0.4 is 0 Å². The maximum atomic E-state index is 13.3. The van der Waals surface area contributed by atoms with E-state index in [4.69, 9.17) is 4.74 Å². The van der Waals surface area contributed by atoms with E-state index in [1.54, 1.807) is 0 Å². The molecule has 0 N–H and O–H groups in total. The Morgan fingerprint density at radius 1 is 1.08 bits per heavy atom. The molecule has 1 aromatic heterocycles. The van der Waals surface area contributed by atoms with E-state index < -0.39 is 0 Å². The summed E-state index contributed by atoms with van der Waals surface area (Å²) in [4.78, 5) is 15.3.